The zero-order chi connectivity index (χ0) is 21.3. The standard InChI is InChI=1S/C22H29FN6O/c1-4-18-17(10-16(23)13-25-18)19-6-5-8-28(19)20-7-9-29-21(27-20)15(12-26-29)11-24-14-22(2,3)30/h7,9-10,12-13,19,24,30H,4-6,8,11,14H2,1-3H3. The summed E-state index contributed by atoms with van der Waals surface area (Å²) in [7, 11) is 0. The van der Waals surface area contributed by atoms with E-state index in [1.54, 1.807) is 30.6 Å². The van der Waals surface area contributed by atoms with Crippen LogP contribution in [0.4, 0.5) is 10.2 Å². The van der Waals surface area contributed by atoms with E-state index in [1.807, 2.05) is 19.2 Å². The summed E-state index contributed by atoms with van der Waals surface area (Å²) in [5.74, 6) is 0.564. The molecule has 0 saturated carbocycles. The first-order chi connectivity index (χ1) is 14.4. The van der Waals surface area contributed by atoms with Gasteiger partial charge in [-0.3, -0.25) is 4.98 Å². The van der Waals surface area contributed by atoms with Gasteiger partial charge in [-0.25, -0.2) is 13.9 Å². The van der Waals surface area contributed by atoms with Gasteiger partial charge in [0.25, 0.3) is 0 Å². The highest BCUT2D eigenvalue weighted by atomic mass is 19.1. The van der Waals surface area contributed by atoms with Crippen LogP contribution in [0.3, 0.4) is 0 Å². The van der Waals surface area contributed by atoms with Crippen molar-refractivity contribution in [3.8, 4) is 0 Å². The SMILES string of the molecule is CCc1ncc(F)cc1C1CCCN1c1ccn2ncc(CNCC(C)(C)O)c2n1. The summed E-state index contributed by atoms with van der Waals surface area (Å²) in [6, 6.07) is 3.65. The molecule has 1 atom stereocenters. The molecule has 7 nitrogen and oxygen atoms in total. The van der Waals surface area contributed by atoms with Crippen LogP contribution in [-0.2, 0) is 13.0 Å². The summed E-state index contributed by atoms with van der Waals surface area (Å²) in [4.78, 5) is 11.5. The Morgan fingerprint density at radius 3 is 2.93 bits per heavy atom. The van der Waals surface area contributed by atoms with Gasteiger partial charge in [-0.05, 0) is 50.8 Å². The van der Waals surface area contributed by atoms with Crippen LogP contribution < -0.4 is 10.2 Å². The van der Waals surface area contributed by atoms with Gasteiger partial charge in [-0.15, -0.1) is 0 Å². The van der Waals surface area contributed by atoms with Crippen molar-refractivity contribution in [3.05, 3.63) is 53.4 Å². The molecule has 30 heavy (non-hydrogen) atoms. The van der Waals surface area contributed by atoms with E-state index in [0.29, 0.717) is 13.1 Å². The second-order valence-corrected chi connectivity index (χ2v) is 8.53. The fourth-order valence-electron chi connectivity index (χ4n) is 4.13. The number of aliphatic hydroxyl groups is 1. The highest BCUT2D eigenvalue weighted by molar-refractivity contribution is 5.54. The smallest absolute Gasteiger partial charge is 0.161 e. The summed E-state index contributed by atoms with van der Waals surface area (Å²) >= 11 is 0. The van der Waals surface area contributed by atoms with E-state index in [9.17, 15) is 9.50 Å². The third-order valence-corrected chi connectivity index (χ3v) is 5.51. The van der Waals surface area contributed by atoms with Crippen molar-refractivity contribution < 1.29 is 9.50 Å². The van der Waals surface area contributed by atoms with Gasteiger partial charge in [-0.1, -0.05) is 6.92 Å². The molecule has 160 valence electrons. The van der Waals surface area contributed by atoms with E-state index in [2.05, 4.69) is 20.3 Å². The van der Waals surface area contributed by atoms with Gasteiger partial charge in [0.2, 0.25) is 0 Å². The average molecular weight is 413 g/mol. The van der Waals surface area contributed by atoms with Crippen molar-refractivity contribution in [3.63, 3.8) is 0 Å². The predicted molar refractivity (Wildman–Crippen MR) is 114 cm³/mol. The summed E-state index contributed by atoms with van der Waals surface area (Å²) in [5.41, 5.74) is 2.88. The number of hydrogen-bond donors (Lipinski definition) is 2. The lowest BCUT2D eigenvalue weighted by molar-refractivity contribution is 0.0795. The van der Waals surface area contributed by atoms with Gasteiger partial charge in [0.1, 0.15) is 11.6 Å². The molecule has 0 aliphatic carbocycles. The molecule has 2 N–H and O–H groups in total. The van der Waals surface area contributed by atoms with E-state index in [1.165, 1.54) is 6.20 Å². The number of halogens is 1. The molecular weight excluding hydrogens is 383 g/mol. The Morgan fingerprint density at radius 2 is 2.17 bits per heavy atom. The molecule has 1 aliphatic rings. The van der Waals surface area contributed by atoms with E-state index in [4.69, 9.17) is 4.98 Å². The van der Waals surface area contributed by atoms with Crippen molar-refractivity contribution in [1.29, 1.82) is 0 Å². The minimum absolute atomic E-state index is 0.0674. The summed E-state index contributed by atoms with van der Waals surface area (Å²) in [5, 5.41) is 17.6. The van der Waals surface area contributed by atoms with Gasteiger partial charge in [0.15, 0.2) is 5.65 Å². The van der Waals surface area contributed by atoms with Crippen molar-refractivity contribution in [1.82, 2.24) is 24.9 Å². The molecule has 4 rings (SSSR count). The van der Waals surface area contributed by atoms with Crippen LogP contribution in [0.25, 0.3) is 5.65 Å². The number of hydrogen-bond acceptors (Lipinski definition) is 6. The monoisotopic (exact) mass is 412 g/mol. The molecule has 1 aliphatic heterocycles. The zero-order valence-electron chi connectivity index (χ0n) is 17.8. The van der Waals surface area contributed by atoms with E-state index in [-0.39, 0.29) is 11.9 Å². The maximum atomic E-state index is 14.0. The summed E-state index contributed by atoms with van der Waals surface area (Å²) in [6.07, 6.45) is 7.76. The highest BCUT2D eigenvalue weighted by Gasteiger charge is 2.30. The fraction of sp³-hybridized carbons (Fsp3) is 0.500. The third kappa shape index (κ3) is 4.29. The lowest BCUT2D eigenvalue weighted by Gasteiger charge is -2.27. The molecule has 1 saturated heterocycles. The van der Waals surface area contributed by atoms with Crippen LogP contribution in [0.15, 0.2) is 30.7 Å². The van der Waals surface area contributed by atoms with Crippen molar-refractivity contribution >= 4 is 11.5 Å². The Kier molecular flexibility index (Phi) is 5.71. The minimum Gasteiger partial charge on any atom is -0.389 e. The number of pyridine rings is 1. The lowest BCUT2D eigenvalue weighted by atomic mass is 10.0. The Morgan fingerprint density at radius 1 is 1.33 bits per heavy atom. The van der Waals surface area contributed by atoms with Gasteiger partial charge < -0.3 is 15.3 Å². The van der Waals surface area contributed by atoms with Gasteiger partial charge >= 0.3 is 0 Å². The topological polar surface area (TPSA) is 78.6 Å². The molecule has 3 aromatic heterocycles. The Labute approximate surface area is 176 Å². The zero-order valence-corrected chi connectivity index (χ0v) is 17.8. The number of nitrogens with one attached hydrogen (secondary N) is 1. The molecule has 0 bridgehead atoms. The van der Waals surface area contributed by atoms with Crippen molar-refractivity contribution in [2.45, 2.75) is 58.2 Å². The molecule has 1 unspecified atom stereocenters. The minimum atomic E-state index is -0.777. The first-order valence-electron chi connectivity index (χ1n) is 10.5. The van der Waals surface area contributed by atoms with Crippen LogP contribution in [-0.4, -0.2) is 43.4 Å². The summed E-state index contributed by atoms with van der Waals surface area (Å²) in [6.45, 7) is 7.50. The van der Waals surface area contributed by atoms with Crippen LogP contribution in [0.5, 0.6) is 0 Å². The van der Waals surface area contributed by atoms with Crippen molar-refractivity contribution in [2.75, 3.05) is 18.0 Å². The predicted octanol–water partition coefficient (Wildman–Crippen LogP) is 3.03. The number of aromatic nitrogens is 4. The first-order valence-corrected chi connectivity index (χ1v) is 10.5. The average Bonchev–Trinajstić information content (AvgIpc) is 3.34. The highest BCUT2D eigenvalue weighted by Crippen LogP contribution is 2.37. The number of fused-ring (bicyclic) bond motifs is 1. The third-order valence-electron chi connectivity index (χ3n) is 5.51. The largest absolute Gasteiger partial charge is 0.389 e. The van der Waals surface area contributed by atoms with E-state index >= 15 is 0 Å². The fourth-order valence-corrected chi connectivity index (χ4v) is 4.13. The van der Waals surface area contributed by atoms with Crippen LogP contribution in [0.1, 0.15) is 56.5 Å². The molecule has 0 radical (unpaired) electrons. The Bertz CT molecular complexity index is 1030. The maximum Gasteiger partial charge on any atom is 0.161 e. The van der Waals surface area contributed by atoms with Gasteiger partial charge in [-0.2, -0.15) is 5.10 Å². The quantitative estimate of drug-likeness (QED) is 0.621. The molecule has 0 aromatic carbocycles. The normalized spacial score (nSPS) is 17.2. The molecule has 8 heteroatoms. The van der Waals surface area contributed by atoms with E-state index in [0.717, 1.165) is 54.1 Å². The molecule has 3 aromatic rings. The number of nitrogens with zero attached hydrogens (tertiary/aromatic N) is 5. The second kappa shape index (κ2) is 8.28. The number of aryl methyl sites for hydroxylation is 1. The number of rotatable bonds is 7. The summed E-state index contributed by atoms with van der Waals surface area (Å²) < 4.78 is 15.7. The Balaban J connectivity index is 1.62. The van der Waals surface area contributed by atoms with Crippen LogP contribution in [0.2, 0.25) is 0 Å². The maximum absolute atomic E-state index is 14.0. The molecule has 0 spiro atoms. The molecular formula is C22H29FN6O. The molecule has 0 amide bonds. The first kappa shape index (κ1) is 20.7. The number of anilines is 1. The van der Waals surface area contributed by atoms with E-state index < -0.39 is 5.60 Å². The van der Waals surface area contributed by atoms with Gasteiger partial charge in [0, 0.05) is 37.1 Å². The van der Waals surface area contributed by atoms with Crippen LogP contribution in [0, 0.1) is 5.82 Å². The van der Waals surface area contributed by atoms with Crippen LogP contribution >= 0.6 is 0 Å². The van der Waals surface area contributed by atoms with Gasteiger partial charge in [0.05, 0.1) is 24.0 Å². The Hall–Kier alpha value is -2.58. The molecule has 4 heterocycles. The molecule has 1 fully saturated rings. The second-order valence-electron chi connectivity index (χ2n) is 8.53. The van der Waals surface area contributed by atoms with Crippen molar-refractivity contribution in [2.24, 2.45) is 0 Å². The lowest BCUT2D eigenvalue weighted by Crippen LogP contribution is -2.34.